The third-order valence-electron chi connectivity index (χ3n) is 3.72. The van der Waals surface area contributed by atoms with E-state index in [1.165, 1.54) is 6.20 Å². The van der Waals surface area contributed by atoms with E-state index in [2.05, 4.69) is 26.2 Å². The van der Waals surface area contributed by atoms with Crippen LogP contribution in [0.5, 0.6) is 0 Å². The molecule has 2 aromatic rings. The van der Waals surface area contributed by atoms with Crippen LogP contribution in [0.4, 0.5) is 5.69 Å². The van der Waals surface area contributed by atoms with Gasteiger partial charge in [-0.05, 0) is 43.2 Å². The molecule has 0 unspecified atom stereocenters. The third kappa shape index (κ3) is 3.76. The number of hydrogen-bond donors (Lipinski definition) is 1. The minimum atomic E-state index is -0.334. The van der Waals surface area contributed by atoms with E-state index >= 15 is 0 Å². The number of likely N-dealkylation sites (tertiary alicyclic amines) is 1. The molecule has 0 aliphatic carbocycles. The summed E-state index contributed by atoms with van der Waals surface area (Å²) in [6.07, 6.45) is 3.57. The van der Waals surface area contributed by atoms with E-state index in [0.29, 0.717) is 11.3 Å². The van der Waals surface area contributed by atoms with Gasteiger partial charge in [-0.15, -0.1) is 0 Å². The number of nitrogens with zero attached hydrogens (tertiary/aromatic N) is 2. The molecule has 3 rings (SSSR count). The van der Waals surface area contributed by atoms with E-state index in [-0.39, 0.29) is 17.5 Å². The zero-order chi connectivity index (χ0) is 16.2. The maximum absolute atomic E-state index is 12.4. The van der Waals surface area contributed by atoms with Gasteiger partial charge in [-0.2, -0.15) is 0 Å². The number of pyridine rings is 1. The number of rotatable bonds is 3. The molecule has 1 aromatic heterocycles. The van der Waals surface area contributed by atoms with Crippen molar-refractivity contribution >= 4 is 33.4 Å². The molecule has 0 spiro atoms. The van der Waals surface area contributed by atoms with Gasteiger partial charge < -0.3 is 10.2 Å². The van der Waals surface area contributed by atoms with Crippen LogP contribution in [0, 0.1) is 0 Å². The first-order valence-electron chi connectivity index (χ1n) is 7.46. The number of carbonyl (C=O) groups excluding carboxylic acids is 2. The van der Waals surface area contributed by atoms with Crippen molar-refractivity contribution in [3.05, 3.63) is 58.3 Å². The molecule has 2 heterocycles. The maximum atomic E-state index is 12.4. The highest BCUT2D eigenvalue weighted by atomic mass is 79.9. The SMILES string of the molecule is O=C(Nc1cccc(Br)c1)c1cc(C(=O)N2CCCC2)ccn1. The summed E-state index contributed by atoms with van der Waals surface area (Å²) in [5.74, 6) is -0.374. The van der Waals surface area contributed by atoms with Gasteiger partial charge in [-0.25, -0.2) is 0 Å². The minimum absolute atomic E-state index is 0.0404. The number of amides is 2. The number of halogens is 1. The minimum Gasteiger partial charge on any atom is -0.339 e. The fourth-order valence-corrected chi connectivity index (χ4v) is 2.95. The second-order valence-electron chi connectivity index (χ2n) is 5.39. The number of carbonyl (C=O) groups is 2. The van der Waals surface area contributed by atoms with E-state index in [1.54, 1.807) is 24.3 Å². The molecule has 2 amide bonds. The van der Waals surface area contributed by atoms with Crippen LogP contribution in [-0.2, 0) is 0 Å². The number of nitrogens with one attached hydrogen (secondary N) is 1. The fraction of sp³-hybridized carbons (Fsp3) is 0.235. The lowest BCUT2D eigenvalue weighted by molar-refractivity contribution is 0.0792. The fourth-order valence-electron chi connectivity index (χ4n) is 2.55. The Labute approximate surface area is 142 Å². The molecule has 0 bridgehead atoms. The van der Waals surface area contributed by atoms with Crippen LogP contribution in [-0.4, -0.2) is 34.8 Å². The molecular weight excluding hydrogens is 358 g/mol. The summed E-state index contributed by atoms with van der Waals surface area (Å²) >= 11 is 3.36. The van der Waals surface area contributed by atoms with E-state index in [9.17, 15) is 9.59 Å². The van der Waals surface area contributed by atoms with Gasteiger partial charge in [0.1, 0.15) is 5.69 Å². The molecule has 1 saturated heterocycles. The largest absolute Gasteiger partial charge is 0.339 e. The second kappa shape index (κ2) is 6.91. The Hall–Kier alpha value is -2.21. The van der Waals surface area contributed by atoms with Gasteiger partial charge in [0.05, 0.1) is 0 Å². The summed E-state index contributed by atoms with van der Waals surface area (Å²) in [7, 11) is 0. The summed E-state index contributed by atoms with van der Waals surface area (Å²) < 4.78 is 0.876. The number of aromatic nitrogens is 1. The highest BCUT2D eigenvalue weighted by molar-refractivity contribution is 9.10. The molecule has 6 heteroatoms. The van der Waals surface area contributed by atoms with Gasteiger partial charge in [0.2, 0.25) is 0 Å². The van der Waals surface area contributed by atoms with Crippen molar-refractivity contribution in [2.45, 2.75) is 12.8 Å². The van der Waals surface area contributed by atoms with Crippen LogP contribution in [0.2, 0.25) is 0 Å². The van der Waals surface area contributed by atoms with E-state index < -0.39 is 0 Å². The Morgan fingerprint density at radius 3 is 2.65 bits per heavy atom. The van der Waals surface area contributed by atoms with Crippen LogP contribution in [0.25, 0.3) is 0 Å². The Morgan fingerprint density at radius 1 is 1.13 bits per heavy atom. The topological polar surface area (TPSA) is 62.3 Å². The predicted molar refractivity (Wildman–Crippen MR) is 91.5 cm³/mol. The van der Waals surface area contributed by atoms with Gasteiger partial charge in [-0.1, -0.05) is 22.0 Å². The summed E-state index contributed by atoms with van der Waals surface area (Å²) in [5.41, 5.74) is 1.40. The summed E-state index contributed by atoms with van der Waals surface area (Å²) in [6, 6.07) is 10.5. The van der Waals surface area contributed by atoms with Crippen LogP contribution >= 0.6 is 15.9 Å². The van der Waals surface area contributed by atoms with Gasteiger partial charge in [0.25, 0.3) is 11.8 Å². The molecule has 1 aliphatic heterocycles. The quantitative estimate of drug-likeness (QED) is 0.897. The average Bonchev–Trinajstić information content (AvgIpc) is 3.09. The molecular formula is C17H16BrN3O2. The highest BCUT2D eigenvalue weighted by Gasteiger charge is 2.20. The van der Waals surface area contributed by atoms with E-state index in [4.69, 9.17) is 0 Å². The molecule has 0 saturated carbocycles. The summed E-state index contributed by atoms with van der Waals surface area (Å²) in [6.45, 7) is 1.56. The van der Waals surface area contributed by atoms with Gasteiger partial charge >= 0.3 is 0 Å². The third-order valence-corrected chi connectivity index (χ3v) is 4.21. The van der Waals surface area contributed by atoms with Crippen molar-refractivity contribution in [2.24, 2.45) is 0 Å². The maximum Gasteiger partial charge on any atom is 0.274 e. The molecule has 0 atom stereocenters. The summed E-state index contributed by atoms with van der Waals surface area (Å²) in [4.78, 5) is 30.6. The monoisotopic (exact) mass is 373 g/mol. The lowest BCUT2D eigenvalue weighted by Crippen LogP contribution is -2.28. The van der Waals surface area contributed by atoms with Crippen molar-refractivity contribution < 1.29 is 9.59 Å². The molecule has 1 N–H and O–H groups in total. The molecule has 1 aromatic carbocycles. The standard InChI is InChI=1S/C17H16BrN3O2/c18-13-4-3-5-14(11-13)20-16(22)15-10-12(6-7-19-15)17(23)21-8-1-2-9-21/h3-7,10-11H,1-2,8-9H2,(H,20,22). The predicted octanol–water partition coefficient (Wildman–Crippen LogP) is 3.33. The van der Waals surface area contributed by atoms with Crippen LogP contribution < -0.4 is 5.32 Å². The first-order chi connectivity index (χ1) is 11.1. The number of hydrogen-bond acceptors (Lipinski definition) is 3. The first kappa shape index (κ1) is 15.7. The van der Waals surface area contributed by atoms with Gasteiger partial charge in [0, 0.05) is 35.0 Å². The first-order valence-corrected chi connectivity index (χ1v) is 8.25. The molecule has 5 nitrogen and oxygen atoms in total. The highest BCUT2D eigenvalue weighted by Crippen LogP contribution is 2.17. The van der Waals surface area contributed by atoms with E-state index in [0.717, 1.165) is 30.4 Å². The van der Waals surface area contributed by atoms with Crippen molar-refractivity contribution in [1.29, 1.82) is 0 Å². The number of anilines is 1. The Bertz CT molecular complexity index is 742. The normalized spacial score (nSPS) is 13.9. The molecule has 1 aliphatic rings. The zero-order valence-electron chi connectivity index (χ0n) is 12.5. The van der Waals surface area contributed by atoms with Crippen molar-refractivity contribution in [1.82, 2.24) is 9.88 Å². The van der Waals surface area contributed by atoms with Crippen molar-refractivity contribution in [3.63, 3.8) is 0 Å². The Balaban J connectivity index is 1.76. The Kier molecular flexibility index (Phi) is 4.71. The molecule has 118 valence electrons. The van der Waals surface area contributed by atoms with Crippen LogP contribution in [0.15, 0.2) is 47.1 Å². The van der Waals surface area contributed by atoms with Crippen molar-refractivity contribution in [3.8, 4) is 0 Å². The Morgan fingerprint density at radius 2 is 1.91 bits per heavy atom. The zero-order valence-corrected chi connectivity index (χ0v) is 14.0. The second-order valence-corrected chi connectivity index (χ2v) is 6.31. The van der Waals surface area contributed by atoms with Gasteiger partial charge in [0.15, 0.2) is 0 Å². The van der Waals surface area contributed by atoms with Crippen LogP contribution in [0.1, 0.15) is 33.7 Å². The molecule has 1 fully saturated rings. The van der Waals surface area contributed by atoms with Crippen LogP contribution in [0.3, 0.4) is 0 Å². The van der Waals surface area contributed by atoms with Crippen molar-refractivity contribution in [2.75, 3.05) is 18.4 Å². The average molecular weight is 374 g/mol. The lowest BCUT2D eigenvalue weighted by atomic mass is 10.2. The van der Waals surface area contributed by atoms with Gasteiger partial charge in [-0.3, -0.25) is 14.6 Å². The lowest BCUT2D eigenvalue weighted by Gasteiger charge is -2.15. The molecule has 0 radical (unpaired) electrons. The van der Waals surface area contributed by atoms with E-state index in [1.807, 2.05) is 17.0 Å². The number of benzene rings is 1. The summed E-state index contributed by atoms with van der Waals surface area (Å²) in [5, 5.41) is 2.78. The smallest absolute Gasteiger partial charge is 0.274 e. The molecule has 23 heavy (non-hydrogen) atoms.